The minimum atomic E-state index is -0.579. The van der Waals surface area contributed by atoms with Gasteiger partial charge >= 0.3 is 0 Å². The predicted octanol–water partition coefficient (Wildman–Crippen LogP) is 1.59. The van der Waals surface area contributed by atoms with Gasteiger partial charge in [-0.3, -0.25) is 0 Å². The Morgan fingerprint density at radius 2 is 2.13 bits per heavy atom. The maximum Gasteiger partial charge on any atom is 0.123 e. The molecule has 3 heteroatoms. The molecule has 76 valence electrons. The number of H-pyrrole nitrogens is 1. The molecule has 0 fully saturated rings. The summed E-state index contributed by atoms with van der Waals surface area (Å²) in [6.45, 7) is 0. The molecule has 3 nitrogen and oxygen atoms in total. The van der Waals surface area contributed by atoms with Crippen LogP contribution in [0.1, 0.15) is 28.6 Å². The molecule has 1 heterocycles. The van der Waals surface area contributed by atoms with Gasteiger partial charge in [0.25, 0.3) is 0 Å². The van der Waals surface area contributed by atoms with E-state index in [9.17, 15) is 5.11 Å². The highest BCUT2D eigenvalue weighted by atomic mass is 16.3. The van der Waals surface area contributed by atoms with Crippen molar-refractivity contribution in [2.75, 3.05) is 0 Å². The van der Waals surface area contributed by atoms with Crippen LogP contribution in [-0.2, 0) is 12.8 Å². The maximum absolute atomic E-state index is 10.2. The van der Waals surface area contributed by atoms with Gasteiger partial charge in [0.1, 0.15) is 6.10 Å². The molecule has 2 aromatic rings. The zero-order valence-corrected chi connectivity index (χ0v) is 8.27. The fourth-order valence-corrected chi connectivity index (χ4v) is 2.20. The summed E-state index contributed by atoms with van der Waals surface area (Å²) in [4.78, 5) is 7.28. The molecule has 1 unspecified atom stereocenters. The zero-order valence-electron chi connectivity index (χ0n) is 8.27. The minimum absolute atomic E-state index is 0.579. The van der Waals surface area contributed by atoms with Gasteiger partial charge in [-0.2, -0.15) is 0 Å². The molecule has 0 saturated heterocycles. The lowest BCUT2D eigenvalue weighted by Crippen LogP contribution is -2.02. The number of nitrogens with one attached hydrogen (secondary N) is 1. The maximum atomic E-state index is 10.2. The van der Waals surface area contributed by atoms with Crippen LogP contribution in [0.15, 0.2) is 30.6 Å². The summed E-state index contributed by atoms with van der Waals surface area (Å²) in [6.07, 6.45) is 2.96. The molecule has 0 bridgehead atoms. The van der Waals surface area contributed by atoms with Crippen LogP contribution >= 0.6 is 0 Å². The second-order valence-electron chi connectivity index (χ2n) is 3.87. The van der Waals surface area contributed by atoms with E-state index in [0.717, 1.165) is 29.8 Å². The third kappa shape index (κ3) is 1.27. The van der Waals surface area contributed by atoms with Crippen molar-refractivity contribution < 1.29 is 5.11 Å². The highest BCUT2D eigenvalue weighted by Crippen LogP contribution is 2.29. The highest BCUT2D eigenvalue weighted by molar-refractivity contribution is 5.38. The number of benzene rings is 1. The lowest BCUT2D eigenvalue weighted by molar-refractivity contribution is 0.215. The van der Waals surface area contributed by atoms with E-state index < -0.39 is 6.10 Å². The molecule has 1 aliphatic rings. The molecule has 3 rings (SSSR count). The van der Waals surface area contributed by atoms with Gasteiger partial charge in [-0.05, 0) is 24.0 Å². The highest BCUT2D eigenvalue weighted by Gasteiger charge is 2.22. The molecular weight excluding hydrogens is 188 g/mol. The number of aromatic nitrogens is 2. The van der Waals surface area contributed by atoms with Crippen molar-refractivity contribution in [1.82, 2.24) is 9.97 Å². The first-order chi connectivity index (χ1) is 7.36. The zero-order chi connectivity index (χ0) is 10.3. The van der Waals surface area contributed by atoms with Gasteiger partial charge in [0.2, 0.25) is 0 Å². The summed E-state index contributed by atoms with van der Waals surface area (Å²) in [5, 5.41) is 10.2. The lowest BCUT2D eigenvalue weighted by Gasteiger charge is -2.10. The standard InChI is InChI=1S/C12H12N2O/c15-12-9-4-2-1-3-8(9)5-6-10-11(12)14-7-13-10/h1-4,7,12,15H,5-6H2,(H,13,14). The van der Waals surface area contributed by atoms with Crippen molar-refractivity contribution in [3.05, 3.63) is 53.1 Å². The fraction of sp³-hybridized carbons (Fsp3) is 0.250. The predicted molar refractivity (Wildman–Crippen MR) is 56.5 cm³/mol. The number of aromatic amines is 1. The van der Waals surface area contributed by atoms with E-state index in [1.165, 1.54) is 5.56 Å². The van der Waals surface area contributed by atoms with E-state index in [4.69, 9.17) is 0 Å². The van der Waals surface area contributed by atoms with Gasteiger partial charge < -0.3 is 10.1 Å². The summed E-state index contributed by atoms with van der Waals surface area (Å²) in [6, 6.07) is 8.02. The number of hydrogen-bond donors (Lipinski definition) is 2. The number of aliphatic hydroxyl groups excluding tert-OH is 1. The van der Waals surface area contributed by atoms with Crippen molar-refractivity contribution in [3.63, 3.8) is 0 Å². The van der Waals surface area contributed by atoms with Crippen molar-refractivity contribution >= 4 is 0 Å². The fourth-order valence-electron chi connectivity index (χ4n) is 2.20. The summed E-state index contributed by atoms with van der Waals surface area (Å²) in [5.74, 6) is 0. The molecule has 15 heavy (non-hydrogen) atoms. The Kier molecular flexibility index (Phi) is 1.86. The Bertz CT molecular complexity index is 490. The van der Waals surface area contributed by atoms with Gasteiger partial charge in [0, 0.05) is 5.69 Å². The normalized spacial score (nSPS) is 19.1. The van der Waals surface area contributed by atoms with Crippen LogP contribution in [0.5, 0.6) is 0 Å². The van der Waals surface area contributed by atoms with Crippen LogP contribution in [0, 0.1) is 0 Å². The molecule has 2 N–H and O–H groups in total. The molecule has 0 spiro atoms. The van der Waals surface area contributed by atoms with Gasteiger partial charge in [-0.25, -0.2) is 4.98 Å². The van der Waals surface area contributed by atoms with Gasteiger partial charge in [-0.15, -0.1) is 0 Å². The Morgan fingerprint density at radius 1 is 1.27 bits per heavy atom. The van der Waals surface area contributed by atoms with Crippen LogP contribution in [0.3, 0.4) is 0 Å². The Hall–Kier alpha value is -1.61. The summed E-state index contributed by atoms with van der Waals surface area (Å²) in [5.41, 5.74) is 4.04. The van der Waals surface area contributed by atoms with Crippen molar-refractivity contribution in [3.8, 4) is 0 Å². The lowest BCUT2D eigenvalue weighted by atomic mass is 10.0. The van der Waals surface area contributed by atoms with Gasteiger partial charge in [-0.1, -0.05) is 24.3 Å². The quantitative estimate of drug-likeness (QED) is 0.678. The van der Waals surface area contributed by atoms with Crippen LogP contribution in [-0.4, -0.2) is 15.1 Å². The summed E-state index contributed by atoms with van der Waals surface area (Å²) < 4.78 is 0. The monoisotopic (exact) mass is 200 g/mol. The molecule has 1 aromatic carbocycles. The summed E-state index contributed by atoms with van der Waals surface area (Å²) in [7, 11) is 0. The van der Waals surface area contributed by atoms with Crippen molar-refractivity contribution in [2.24, 2.45) is 0 Å². The number of aliphatic hydroxyl groups is 1. The molecule has 1 atom stereocenters. The first-order valence-electron chi connectivity index (χ1n) is 5.14. The van der Waals surface area contributed by atoms with Crippen molar-refractivity contribution in [2.45, 2.75) is 18.9 Å². The molecule has 0 saturated carbocycles. The second-order valence-corrected chi connectivity index (χ2v) is 3.87. The molecule has 0 radical (unpaired) electrons. The average Bonchev–Trinajstić information content (AvgIpc) is 2.69. The first-order valence-corrected chi connectivity index (χ1v) is 5.14. The smallest absolute Gasteiger partial charge is 0.123 e. The Morgan fingerprint density at radius 3 is 3.07 bits per heavy atom. The van der Waals surface area contributed by atoms with Crippen LogP contribution < -0.4 is 0 Å². The SMILES string of the molecule is OC1c2ccccc2CCc2[nH]cnc21. The number of fused-ring (bicyclic) bond motifs is 2. The number of aryl methyl sites for hydroxylation is 2. The van der Waals surface area contributed by atoms with E-state index in [0.29, 0.717) is 0 Å². The number of hydrogen-bond acceptors (Lipinski definition) is 2. The molecule has 1 aliphatic carbocycles. The van der Waals surface area contributed by atoms with E-state index in [-0.39, 0.29) is 0 Å². The first kappa shape index (κ1) is 8.68. The number of nitrogens with zero attached hydrogens (tertiary/aromatic N) is 1. The largest absolute Gasteiger partial charge is 0.382 e. The Balaban J connectivity index is 2.18. The van der Waals surface area contributed by atoms with Crippen molar-refractivity contribution in [1.29, 1.82) is 0 Å². The van der Waals surface area contributed by atoms with Gasteiger partial charge in [0.05, 0.1) is 12.0 Å². The Labute approximate surface area is 87.8 Å². The second kappa shape index (κ2) is 3.21. The minimum Gasteiger partial charge on any atom is -0.382 e. The van der Waals surface area contributed by atoms with E-state index in [2.05, 4.69) is 16.0 Å². The third-order valence-corrected chi connectivity index (χ3v) is 3.00. The molecule has 0 aliphatic heterocycles. The van der Waals surface area contributed by atoms with Gasteiger partial charge in [0.15, 0.2) is 0 Å². The molecule has 1 aromatic heterocycles. The van der Waals surface area contributed by atoms with E-state index >= 15 is 0 Å². The topological polar surface area (TPSA) is 48.9 Å². The number of rotatable bonds is 0. The van der Waals surface area contributed by atoms with E-state index in [1.807, 2.05) is 18.2 Å². The third-order valence-electron chi connectivity index (χ3n) is 3.00. The van der Waals surface area contributed by atoms with Crippen LogP contribution in [0.2, 0.25) is 0 Å². The van der Waals surface area contributed by atoms with Crippen LogP contribution in [0.25, 0.3) is 0 Å². The number of imidazole rings is 1. The van der Waals surface area contributed by atoms with E-state index in [1.54, 1.807) is 6.33 Å². The van der Waals surface area contributed by atoms with Crippen LogP contribution in [0.4, 0.5) is 0 Å². The average molecular weight is 200 g/mol. The molecular formula is C12H12N2O. The molecule has 0 amide bonds. The summed E-state index contributed by atoms with van der Waals surface area (Å²) >= 11 is 0.